The lowest BCUT2D eigenvalue weighted by Gasteiger charge is -2.12. The molecule has 1 saturated carbocycles. The lowest BCUT2D eigenvalue weighted by molar-refractivity contribution is -0.114. The molecule has 2 N–H and O–H groups in total. The Kier molecular flexibility index (Phi) is 7.29. The van der Waals surface area contributed by atoms with Gasteiger partial charge in [0.05, 0.1) is 11.4 Å². The van der Waals surface area contributed by atoms with Crippen LogP contribution in [0.15, 0.2) is 58.6 Å². The second kappa shape index (κ2) is 10.3. The monoisotopic (exact) mass is 489 g/mol. The van der Waals surface area contributed by atoms with Crippen molar-refractivity contribution in [3.63, 3.8) is 0 Å². The van der Waals surface area contributed by atoms with E-state index in [4.69, 9.17) is 0 Å². The van der Waals surface area contributed by atoms with E-state index < -0.39 is 5.76 Å². The summed E-state index contributed by atoms with van der Waals surface area (Å²) < 4.78 is 26.8. The summed E-state index contributed by atoms with van der Waals surface area (Å²) in [6.45, 7) is 1.45. The Bertz CT molecular complexity index is 1150. The number of anilines is 2. The van der Waals surface area contributed by atoms with Crippen LogP contribution in [-0.4, -0.2) is 38.1 Å². The Morgan fingerprint density at radius 2 is 1.85 bits per heavy atom. The number of carbonyl (C=O) groups excluding carboxylic acids is 2. The van der Waals surface area contributed by atoms with Crippen LogP contribution < -0.4 is 10.6 Å². The van der Waals surface area contributed by atoms with Crippen molar-refractivity contribution in [2.45, 2.75) is 41.5 Å². The molecule has 2 amide bonds. The van der Waals surface area contributed by atoms with Crippen molar-refractivity contribution in [1.29, 1.82) is 0 Å². The third kappa shape index (κ3) is 6.32. The van der Waals surface area contributed by atoms with Gasteiger partial charge in [-0.05, 0) is 55.3 Å². The molecule has 1 aromatic heterocycles. The van der Waals surface area contributed by atoms with Gasteiger partial charge in [-0.15, -0.1) is 10.2 Å². The van der Waals surface area contributed by atoms with Crippen LogP contribution in [0.25, 0.3) is 5.69 Å². The molecule has 0 saturated heterocycles. The molecule has 0 atom stereocenters. The van der Waals surface area contributed by atoms with E-state index in [9.17, 15) is 18.4 Å². The zero-order valence-electron chi connectivity index (χ0n) is 17.6. The average molecular weight is 490 g/mol. The number of amides is 2. The van der Waals surface area contributed by atoms with Crippen molar-refractivity contribution >= 4 is 46.7 Å². The van der Waals surface area contributed by atoms with Gasteiger partial charge in [0.15, 0.2) is 5.16 Å². The molecule has 1 fully saturated rings. The third-order valence-corrected chi connectivity index (χ3v) is 6.37. The van der Waals surface area contributed by atoms with Crippen LogP contribution in [-0.2, 0) is 9.59 Å². The lowest BCUT2D eigenvalue weighted by atomic mass is 10.2. The Labute approximate surface area is 197 Å². The first kappa shape index (κ1) is 23.2. The van der Waals surface area contributed by atoms with Gasteiger partial charge in [0.25, 0.3) is 5.76 Å². The van der Waals surface area contributed by atoms with Gasteiger partial charge >= 0.3 is 0 Å². The van der Waals surface area contributed by atoms with E-state index >= 15 is 0 Å². The molecular formula is C22H21F2N5O2S2. The van der Waals surface area contributed by atoms with Crippen LogP contribution >= 0.6 is 23.5 Å². The van der Waals surface area contributed by atoms with Crippen LogP contribution in [0.5, 0.6) is 0 Å². The zero-order chi connectivity index (χ0) is 23.4. The highest BCUT2D eigenvalue weighted by molar-refractivity contribution is 8.00. The predicted molar refractivity (Wildman–Crippen MR) is 125 cm³/mol. The van der Waals surface area contributed by atoms with Gasteiger partial charge in [-0.2, -0.15) is 8.78 Å². The molecule has 0 unspecified atom stereocenters. The van der Waals surface area contributed by atoms with Gasteiger partial charge in [0.1, 0.15) is 5.82 Å². The summed E-state index contributed by atoms with van der Waals surface area (Å²) in [6.07, 6.45) is 2.07. The second-order valence-corrected chi connectivity index (χ2v) is 9.43. The zero-order valence-corrected chi connectivity index (χ0v) is 19.3. The molecule has 0 spiro atoms. The smallest absolute Gasteiger partial charge is 0.288 e. The molecule has 2 aromatic carbocycles. The van der Waals surface area contributed by atoms with Crippen LogP contribution in [0.3, 0.4) is 0 Å². The van der Waals surface area contributed by atoms with Gasteiger partial charge in [-0.25, -0.2) is 0 Å². The van der Waals surface area contributed by atoms with E-state index in [1.165, 1.54) is 18.7 Å². The largest absolute Gasteiger partial charge is 0.326 e. The summed E-state index contributed by atoms with van der Waals surface area (Å²) in [6, 6.07) is 13.7. The molecule has 1 aliphatic carbocycles. The lowest BCUT2D eigenvalue weighted by Crippen LogP contribution is -2.14. The molecular weight excluding hydrogens is 468 g/mol. The van der Waals surface area contributed by atoms with Gasteiger partial charge in [-0.1, -0.05) is 29.6 Å². The number of hydrogen-bond acceptors (Lipinski definition) is 6. The summed E-state index contributed by atoms with van der Waals surface area (Å²) in [5.74, 6) is -1.63. The van der Waals surface area contributed by atoms with Crippen molar-refractivity contribution < 1.29 is 18.4 Å². The SMILES string of the molecule is CC(=O)Nc1cccc(-n2c(SCC(=O)Nc3ccc(SC(F)F)cc3)nnc2C2CC2)c1. The number of benzene rings is 2. The summed E-state index contributed by atoms with van der Waals surface area (Å²) in [7, 11) is 0. The van der Waals surface area contributed by atoms with Crippen molar-refractivity contribution in [3.8, 4) is 5.69 Å². The maximum Gasteiger partial charge on any atom is 0.288 e. The number of rotatable bonds is 9. The molecule has 11 heteroatoms. The van der Waals surface area contributed by atoms with Crippen LogP contribution in [0.4, 0.5) is 20.2 Å². The van der Waals surface area contributed by atoms with Crippen molar-refractivity contribution in [1.82, 2.24) is 14.8 Å². The van der Waals surface area contributed by atoms with Gasteiger partial charge < -0.3 is 10.6 Å². The quantitative estimate of drug-likeness (QED) is 0.404. The highest BCUT2D eigenvalue weighted by Gasteiger charge is 2.31. The fourth-order valence-corrected chi connectivity index (χ4v) is 4.45. The minimum atomic E-state index is -2.49. The van der Waals surface area contributed by atoms with E-state index in [2.05, 4.69) is 20.8 Å². The number of halogens is 2. The molecule has 1 heterocycles. The second-order valence-electron chi connectivity index (χ2n) is 7.42. The maximum atomic E-state index is 12.5. The molecule has 7 nitrogen and oxygen atoms in total. The number of nitrogens with one attached hydrogen (secondary N) is 2. The minimum Gasteiger partial charge on any atom is -0.326 e. The topological polar surface area (TPSA) is 88.9 Å². The first-order chi connectivity index (χ1) is 15.9. The number of hydrogen-bond donors (Lipinski definition) is 2. The van der Waals surface area contributed by atoms with E-state index in [-0.39, 0.29) is 17.6 Å². The van der Waals surface area contributed by atoms with Gasteiger partial charge in [0, 0.05) is 29.1 Å². The highest BCUT2D eigenvalue weighted by atomic mass is 32.2. The Hall–Kier alpha value is -2.92. The van der Waals surface area contributed by atoms with Crippen LogP contribution in [0.1, 0.15) is 31.5 Å². The molecule has 33 heavy (non-hydrogen) atoms. The third-order valence-electron chi connectivity index (χ3n) is 4.72. The van der Waals surface area contributed by atoms with E-state index in [0.717, 1.165) is 24.4 Å². The normalized spacial score (nSPS) is 13.2. The fraction of sp³-hybridized carbons (Fsp3) is 0.273. The van der Waals surface area contributed by atoms with Crippen LogP contribution in [0.2, 0.25) is 0 Å². The number of alkyl halides is 2. The summed E-state index contributed by atoms with van der Waals surface area (Å²) in [5, 5.41) is 14.8. The molecule has 0 aliphatic heterocycles. The molecule has 1 aliphatic rings. The summed E-state index contributed by atoms with van der Waals surface area (Å²) in [5.41, 5.74) is 2.00. The molecule has 0 radical (unpaired) electrons. The molecule has 4 rings (SSSR count). The van der Waals surface area contributed by atoms with Crippen molar-refractivity contribution in [2.24, 2.45) is 0 Å². The van der Waals surface area contributed by atoms with E-state index in [1.807, 2.05) is 22.8 Å². The Morgan fingerprint density at radius 1 is 1.09 bits per heavy atom. The number of carbonyl (C=O) groups is 2. The van der Waals surface area contributed by atoms with Crippen molar-refractivity contribution in [2.75, 3.05) is 16.4 Å². The average Bonchev–Trinajstić information content (AvgIpc) is 3.52. The molecule has 172 valence electrons. The predicted octanol–water partition coefficient (Wildman–Crippen LogP) is 5.15. The standard InChI is InChI=1S/C22H21F2N5O2S2/c1-13(30)25-16-3-2-4-17(11-16)29-20(14-5-6-14)27-28-22(29)32-12-19(31)26-15-7-9-18(10-8-15)33-21(23)24/h2-4,7-11,14,21H,5-6,12H2,1H3,(H,25,30)(H,26,31). The summed E-state index contributed by atoms with van der Waals surface area (Å²) in [4.78, 5) is 24.3. The number of nitrogens with zero attached hydrogens (tertiary/aromatic N) is 3. The Morgan fingerprint density at radius 3 is 2.52 bits per heavy atom. The highest BCUT2D eigenvalue weighted by Crippen LogP contribution is 2.41. The first-order valence-electron chi connectivity index (χ1n) is 10.2. The Balaban J connectivity index is 1.45. The first-order valence-corrected chi connectivity index (χ1v) is 12.1. The fourth-order valence-electron chi connectivity index (χ4n) is 3.20. The van der Waals surface area contributed by atoms with E-state index in [1.54, 1.807) is 30.3 Å². The van der Waals surface area contributed by atoms with Gasteiger partial charge in [0.2, 0.25) is 11.8 Å². The van der Waals surface area contributed by atoms with E-state index in [0.29, 0.717) is 39.1 Å². The van der Waals surface area contributed by atoms with Gasteiger partial charge in [-0.3, -0.25) is 14.2 Å². The number of aromatic nitrogens is 3. The maximum absolute atomic E-state index is 12.5. The van der Waals surface area contributed by atoms with Crippen molar-refractivity contribution in [3.05, 3.63) is 54.4 Å². The minimum absolute atomic E-state index is 0.0989. The number of thioether (sulfide) groups is 2. The summed E-state index contributed by atoms with van der Waals surface area (Å²) >= 11 is 1.71. The van der Waals surface area contributed by atoms with Crippen LogP contribution in [0, 0.1) is 0 Å². The molecule has 0 bridgehead atoms. The molecule has 3 aromatic rings.